The zero-order valence-corrected chi connectivity index (χ0v) is 8.98. The second kappa shape index (κ2) is 3.71. The van der Waals surface area contributed by atoms with Gasteiger partial charge in [0.15, 0.2) is 0 Å². The van der Waals surface area contributed by atoms with Gasteiger partial charge >= 0.3 is 6.01 Å². The van der Waals surface area contributed by atoms with Crippen LogP contribution in [0, 0.1) is 0 Å². The van der Waals surface area contributed by atoms with Crippen molar-refractivity contribution in [1.29, 1.82) is 0 Å². The molecule has 82 valence electrons. The first-order valence-electron chi connectivity index (χ1n) is 4.90. The number of nitrogens with one attached hydrogen (secondary N) is 1. The van der Waals surface area contributed by atoms with Crippen LogP contribution < -0.4 is 5.32 Å². The third-order valence-corrected chi connectivity index (χ3v) is 2.41. The summed E-state index contributed by atoms with van der Waals surface area (Å²) >= 11 is 5.65. The molecule has 0 radical (unpaired) electrons. The van der Waals surface area contributed by atoms with Crippen LogP contribution >= 0.6 is 11.6 Å². The molecule has 1 N–H and O–H groups in total. The molecule has 1 aliphatic carbocycles. The molecular weight excluding hydrogens is 230 g/mol. The quantitative estimate of drug-likeness (QED) is 0.824. The van der Waals surface area contributed by atoms with Crippen LogP contribution in [0.5, 0.6) is 0 Å². The highest BCUT2D eigenvalue weighted by Crippen LogP contribution is 2.39. The van der Waals surface area contributed by atoms with Crippen molar-refractivity contribution < 1.29 is 4.42 Å². The van der Waals surface area contributed by atoms with E-state index < -0.39 is 0 Å². The minimum Gasteiger partial charge on any atom is -0.408 e. The van der Waals surface area contributed by atoms with Crippen LogP contribution in [0.3, 0.4) is 0 Å². The lowest BCUT2D eigenvalue weighted by Crippen LogP contribution is -1.94. The first-order valence-corrected chi connectivity index (χ1v) is 5.28. The van der Waals surface area contributed by atoms with Gasteiger partial charge in [-0.1, -0.05) is 5.10 Å². The van der Waals surface area contributed by atoms with E-state index in [1.807, 2.05) is 0 Å². The van der Waals surface area contributed by atoms with Crippen LogP contribution in [-0.2, 0) is 0 Å². The fourth-order valence-electron chi connectivity index (χ4n) is 1.29. The lowest BCUT2D eigenvalue weighted by Gasteiger charge is -1.98. The van der Waals surface area contributed by atoms with Gasteiger partial charge in [-0.05, 0) is 30.5 Å². The van der Waals surface area contributed by atoms with Gasteiger partial charge in [0, 0.05) is 12.1 Å². The molecule has 0 amide bonds. The van der Waals surface area contributed by atoms with Crippen LogP contribution in [0.2, 0.25) is 5.28 Å². The van der Waals surface area contributed by atoms with E-state index in [1.165, 1.54) is 0 Å². The fourth-order valence-corrected chi connectivity index (χ4v) is 1.44. The minimum absolute atomic E-state index is 0.173. The van der Waals surface area contributed by atoms with E-state index in [1.54, 1.807) is 12.3 Å². The summed E-state index contributed by atoms with van der Waals surface area (Å²) in [4.78, 5) is 7.73. The highest BCUT2D eigenvalue weighted by atomic mass is 35.5. The maximum Gasteiger partial charge on any atom is 0.321 e. The van der Waals surface area contributed by atoms with Gasteiger partial charge in [-0.15, -0.1) is 5.10 Å². The molecule has 0 unspecified atom stereocenters. The number of nitrogens with zero attached hydrogens (tertiary/aromatic N) is 4. The summed E-state index contributed by atoms with van der Waals surface area (Å²) in [5.74, 6) is 1.66. The predicted octanol–water partition coefficient (Wildman–Crippen LogP) is 2.13. The van der Waals surface area contributed by atoms with Crippen LogP contribution in [0.4, 0.5) is 11.8 Å². The Kier molecular flexibility index (Phi) is 2.21. The Morgan fingerprint density at radius 2 is 2.25 bits per heavy atom. The van der Waals surface area contributed by atoms with Gasteiger partial charge in [0.25, 0.3) is 0 Å². The summed E-state index contributed by atoms with van der Waals surface area (Å²) in [6.07, 6.45) is 3.80. The molecule has 1 fully saturated rings. The average Bonchev–Trinajstić information content (AvgIpc) is 3.01. The smallest absolute Gasteiger partial charge is 0.321 e. The van der Waals surface area contributed by atoms with Crippen LogP contribution in [0.1, 0.15) is 24.7 Å². The molecule has 1 aliphatic rings. The molecule has 0 aromatic carbocycles. The van der Waals surface area contributed by atoms with Crippen molar-refractivity contribution in [3.05, 3.63) is 23.4 Å². The number of aromatic nitrogens is 4. The molecule has 2 aromatic heterocycles. The van der Waals surface area contributed by atoms with E-state index in [0.717, 1.165) is 12.8 Å². The zero-order valence-electron chi connectivity index (χ0n) is 8.22. The molecule has 6 nitrogen and oxygen atoms in total. The molecule has 0 bridgehead atoms. The highest BCUT2D eigenvalue weighted by Gasteiger charge is 2.29. The summed E-state index contributed by atoms with van der Waals surface area (Å²) in [6.45, 7) is 0. The molecule has 0 atom stereocenters. The molecule has 3 rings (SSSR count). The van der Waals surface area contributed by atoms with Crippen LogP contribution in [-0.4, -0.2) is 20.2 Å². The number of halogens is 1. The number of hydrogen-bond acceptors (Lipinski definition) is 6. The van der Waals surface area contributed by atoms with E-state index >= 15 is 0 Å². The predicted molar refractivity (Wildman–Crippen MR) is 56.6 cm³/mol. The van der Waals surface area contributed by atoms with E-state index in [4.69, 9.17) is 16.0 Å². The monoisotopic (exact) mass is 237 g/mol. The SMILES string of the molecule is Clc1nccc(Nc2nnc(C3CC3)o2)n1. The van der Waals surface area contributed by atoms with Crippen molar-refractivity contribution in [3.8, 4) is 0 Å². The normalized spacial score (nSPS) is 15.1. The zero-order chi connectivity index (χ0) is 11.0. The lowest BCUT2D eigenvalue weighted by molar-refractivity contribution is 0.511. The molecule has 1 saturated carbocycles. The van der Waals surface area contributed by atoms with E-state index in [2.05, 4.69) is 25.5 Å². The summed E-state index contributed by atoms with van der Waals surface area (Å²) < 4.78 is 5.41. The maximum atomic E-state index is 5.65. The van der Waals surface area contributed by atoms with E-state index in [0.29, 0.717) is 23.6 Å². The molecule has 0 spiro atoms. The van der Waals surface area contributed by atoms with Crippen molar-refractivity contribution in [1.82, 2.24) is 20.2 Å². The maximum absolute atomic E-state index is 5.65. The van der Waals surface area contributed by atoms with Gasteiger partial charge in [-0.3, -0.25) is 5.32 Å². The molecule has 16 heavy (non-hydrogen) atoms. The summed E-state index contributed by atoms with van der Waals surface area (Å²) in [7, 11) is 0. The van der Waals surface area contributed by atoms with Crippen molar-refractivity contribution >= 4 is 23.4 Å². The topological polar surface area (TPSA) is 76.7 Å². The lowest BCUT2D eigenvalue weighted by atomic mass is 10.4. The molecule has 2 aromatic rings. The van der Waals surface area contributed by atoms with Crippen molar-refractivity contribution in [2.75, 3.05) is 5.32 Å². The average molecular weight is 238 g/mol. The Morgan fingerprint density at radius 1 is 1.38 bits per heavy atom. The van der Waals surface area contributed by atoms with Crippen molar-refractivity contribution in [2.24, 2.45) is 0 Å². The Morgan fingerprint density at radius 3 is 3.00 bits per heavy atom. The summed E-state index contributed by atoms with van der Waals surface area (Å²) in [5.41, 5.74) is 0. The minimum atomic E-state index is 0.173. The Labute approximate surface area is 96.1 Å². The van der Waals surface area contributed by atoms with Crippen LogP contribution in [0.25, 0.3) is 0 Å². The van der Waals surface area contributed by atoms with Gasteiger partial charge < -0.3 is 4.42 Å². The molecule has 0 saturated heterocycles. The Bertz CT molecular complexity index is 510. The molecule has 0 aliphatic heterocycles. The molecule has 7 heteroatoms. The van der Waals surface area contributed by atoms with Gasteiger partial charge in [0.05, 0.1) is 0 Å². The van der Waals surface area contributed by atoms with Gasteiger partial charge in [-0.25, -0.2) is 9.97 Å². The first kappa shape index (κ1) is 9.53. The summed E-state index contributed by atoms with van der Waals surface area (Å²) in [5, 5.41) is 10.9. The summed E-state index contributed by atoms with van der Waals surface area (Å²) in [6, 6.07) is 2.00. The standard InChI is InChI=1S/C9H8ClN5O/c10-8-11-4-3-6(12-8)13-9-15-14-7(16-9)5-1-2-5/h3-5H,1-2H2,(H,11,12,13,15). The number of hydrogen-bond donors (Lipinski definition) is 1. The highest BCUT2D eigenvalue weighted by molar-refractivity contribution is 6.28. The second-order valence-corrected chi connectivity index (χ2v) is 3.89. The Balaban J connectivity index is 1.77. The third-order valence-electron chi connectivity index (χ3n) is 2.23. The van der Waals surface area contributed by atoms with E-state index in [-0.39, 0.29) is 5.28 Å². The molecule has 2 heterocycles. The van der Waals surface area contributed by atoms with Crippen molar-refractivity contribution in [2.45, 2.75) is 18.8 Å². The van der Waals surface area contributed by atoms with E-state index in [9.17, 15) is 0 Å². The largest absolute Gasteiger partial charge is 0.408 e. The number of anilines is 2. The van der Waals surface area contributed by atoms with Gasteiger partial charge in [0.2, 0.25) is 11.2 Å². The number of rotatable bonds is 3. The van der Waals surface area contributed by atoms with Crippen LogP contribution in [0.15, 0.2) is 16.7 Å². The first-order chi connectivity index (χ1) is 7.81. The van der Waals surface area contributed by atoms with Gasteiger partial charge in [0.1, 0.15) is 5.82 Å². The Hall–Kier alpha value is -1.69. The fraction of sp³-hybridized carbons (Fsp3) is 0.333. The molecular formula is C9H8ClN5O. The van der Waals surface area contributed by atoms with Crippen molar-refractivity contribution in [3.63, 3.8) is 0 Å². The second-order valence-electron chi connectivity index (χ2n) is 3.56. The van der Waals surface area contributed by atoms with Gasteiger partial charge in [-0.2, -0.15) is 0 Å². The third kappa shape index (κ3) is 1.96.